The Morgan fingerprint density at radius 2 is 2.14 bits per heavy atom. The van der Waals surface area contributed by atoms with E-state index in [1.807, 2.05) is 0 Å². The van der Waals surface area contributed by atoms with E-state index in [0.717, 1.165) is 12.8 Å². The average Bonchev–Trinajstić information content (AvgIpc) is 2.87. The van der Waals surface area contributed by atoms with E-state index in [0.29, 0.717) is 24.1 Å². The normalized spacial score (nSPS) is 28.5. The highest BCUT2D eigenvalue weighted by molar-refractivity contribution is 8.13. The molecule has 6 nitrogen and oxygen atoms in total. The summed E-state index contributed by atoms with van der Waals surface area (Å²) in [6, 6.07) is 0.159. The van der Waals surface area contributed by atoms with Crippen molar-refractivity contribution in [3.8, 4) is 0 Å². The van der Waals surface area contributed by atoms with E-state index in [1.165, 1.54) is 23.1 Å². The van der Waals surface area contributed by atoms with Crippen LogP contribution in [0.3, 0.4) is 0 Å². The van der Waals surface area contributed by atoms with Gasteiger partial charge in [0.05, 0.1) is 0 Å². The van der Waals surface area contributed by atoms with Gasteiger partial charge in [0.2, 0.25) is 0 Å². The second kappa shape index (κ2) is 7.85. The lowest BCUT2D eigenvalue weighted by atomic mass is 9.78. The van der Waals surface area contributed by atoms with Gasteiger partial charge in [0.25, 0.3) is 11.1 Å². The number of amides is 2. The van der Waals surface area contributed by atoms with Crippen LogP contribution in [0.15, 0.2) is 0 Å². The molecule has 124 valence electrons. The summed E-state index contributed by atoms with van der Waals surface area (Å²) in [6.07, 6.45) is 3.29. The van der Waals surface area contributed by atoms with Crippen molar-refractivity contribution >= 4 is 28.9 Å². The maximum absolute atomic E-state index is 11.9. The Balaban J connectivity index is 1.68. The van der Waals surface area contributed by atoms with Crippen molar-refractivity contribution in [2.24, 2.45) is 11.8 Å². The molecule has 2 amide bonds. The number of carbonyl (C=O) groups excluding carboxylic acids is 3. The number of hydrogen-bond donors (Lipinski definition) is 1. The van der Waals surface area contributed by atoms with Crippen molar-refractivity contribution in [1.82, 2.24) is 10.2 Å². The number of nitrogens with zero attached hydrogens (tertiary/aromatic N) is 1. The summed E-state index contributed by atoms with van der Waals surface area (Å²) < 4.78 is 4.96. The Morgan fingerprint density at radius 1 is 1.36 bits per heavy atom. The molecule has 1 heterocycles. The Bertz CT molecular complexity index is 443. The van der Waals surface area contributed by atoms with Crippen molar-refractivity contribution in [2.75, 3.05) is 25.4 Å². The zero-order valence-corrected chi connectivity index (χ0v) is 14.0. The second-order valence-electron chi connectivity index (χ2n) is 6.14. The zero-order chi connectivity index (χ0) is 16.1. The molecule has 0 bridgehead atoms. The fourth-order valence-corrected chi connectivity index (χ4v) is 3.78. The summed E-state index contributed by atoms with van der Waals surface area (Å²) in [6.45, 7) is 4.56. The Morgan fingerprint density at radius 3 is 2.82 bits per heavy atom. The molecule has 1 aliphatic heterocycles. The number of nitrogens with one attached hydrogen (secondary N) is 1. The molecule has 0 radical (unpaired) electrons. The Hall–Kier alpha value is -1.24. The maximum Gasteiger partial charge on any atom is 0.326 e. The topological polar surface area (TPSA) is 75.7 Å². The number of hydrogen-bond acceptors (Lipinski definition) is 5. The molecule has 0 aromatic carbocycles. The van der Waals surface area contributed by atoms with Crippen LogP contribution in [0.1, 0.15) is 33.1 Å². The van der Waals surface area contributed by atoms with Gasteiger partial charge in [-0.15, -0.1) is 0 Å². The van der Waals surface area contributed by atoms with Crippen molar-refractivity contribution < 1.29 is 19.1 Å². The summed E-state index contributed by atoms with van der Waals surface area (Å²) in [7, 11) is 0. The lowest BCUT2D eigenvalue weighted by Crippen LogP contribution is -2.45. The molecule has 1 saturated carbocycles. The van der Waals surface area contributed by atoms with Crippen molar-refractivity contribution in [2.45, 2.75) is 39.2 Å². The molecule has 3 atom stereocenters. The minimum atomic E-state index is -0.531. The highest BCUT2D eigenvalue weighted by Gasteiger charge is 2.28. The minimum absolute atomic E-state index is 0.0734. The van der Waals surface area contributed by atoms with E-state index in [1.54, 1.807) is 0 Å². The van der Waals surface area contributed by atoms with Gasteiger partial charge in [0.1, 0.15) is 6.54 Å². The van der Waals surface area contributed by atoms with Gasteiger partial charge in [0.15, 0.2) is 6.61 Å². The van der Waals surface area contributed by atoms with Crippen molar-refractivity contribution in [3.05, 3.63) is 0 Å². The first-order chi connectivity index (χ1) is 10.5. The number of rotatable bonds is 5. The van der Waals surface area contributed by atoms with Gasteiger partial charge >= 0.3 is 5.97 Å². The largest absolute Gasteiger partial charge is 0.454 e. The van der Waals surface area contributed by atoms with Crippen LogP contribution < -0.4 is 5.32 Å². The van der Waals surface area contributed by atoms with Crippen molar-refractivity contribution in [1.29, 1.82) is 0 Å². The van der Waals surface area contributed by atoms with Crippen LogP contribution in [-0.4, -0.2) is 53.5 Å². The molecule has 7 heteroatoms. The molecule has 0 aromatic heterocycles. The number of ether oxygens (including phenoxy) is 1. The van der Waals surface area contributed by atoms with Gasteiger partial charge in [-0.25, -0.2) is 0 Å². The van der Waals surface area contributed by atoms with Gasteiger partial charge in [-0.2, -0.15) is 0 Å². The molecule has 1 saturated heterocycles. The van der Waals surface area contributed by atoms with Crippen LogP contribution in [0.4, 0.5) is 4.79 Å². The predicted molar refractivity (Wildman–Crippen MR) is 84.5 cm³/mol. The van der Waals surface area contributed by atoms with E-state index in [9.17, 15) is 14.4 Å². The van der Waals surface area contributed by atoms with E-state index >= 15 is 0 Å². The first kappa shape index (κ1) is 17.1. The molecule has 2 rings (SSSR count). The van der Waals surface area contributed by atoms with Crippen LogP contribution >= 0.6 is 11.8 Å². The molecule has 1 N–H and O–H groups in total. The highest BCUT2D eigenvalue weighted by atomic mass is 32.2. The molecular formula is C15H24N2O4S. The molecular weight excluding hydrogens is 304 g/mol. The maximum atomic E-state index is 11.9. The fourth-order valence-electron chi connectivity index (χ4n) is 2.95. The molecule has 2 aliphatic rings. The van der Waals surface area contributed by atoms with Gasteiger partial charge in [0, 0.05) is 18.3 Å². The monoisotopic (exact) mass is 328 g/mol. The first-order valence-electron chi connectivity index (χ1n) is 7.84. The van der Waals surface area contributed by atoms with Gasteiger partial charge < -0.3 is 15.0 Å². The molecule has 0 unspecified atom stereocenters. The number of esters is 1. The quantitative estimate of drug-likeness (QED) is 0.777. The number of thioether (sulfide) groups is 1. The summed E-state index contributed by atoms with van der Waals surface area (Å²) in [5.74, 6) is 0.940. The minimum Gasteiger partial charge on any atom is -0.454 e. The Kier molecular flexibility index (Phi) is 6.11. The average molecular weight is 328 g/mol. The molecule has 1 aliphatic carbocycles. The van der Waals surface area contributed by atoms with Crippen LogP contribution in [0.25, 0.3) is 0 Å². The van der Waals surface area contributed by atoms with Gasteiger partial charge in [-0.05, 0) is 18.3 Å². The highest BCUT2D eigenvalue weighted by Crippen LogP contribution is 2.29. The zero-order valence-electron chi connectivity index (χ0n) is 13.2. The standard InChI is InChI=1S/C15H24N2O4S/c1-10-4-3-5-12(11(10)2)16-13(18)9-21-14(19)8-17-6-7-22-15(17)20/h10-12H,3-9H2,1-2H3,(H,16,18)/t10-,11-,12+/m1/s1. The second-order valence-corrected chi connectivity index (χ2v) is 7.18. The van der Waals surface area contributed by atoms with Gasteiger partial charge in [-0.3, -0.25) is 14.4 Å². The fraction of sp³-hybridized carbons (Fsp3) is 0.800. The third-order valence-electron chi connectivity index (χ3n) is 4.58. The lowest BCUT2D eigenvalue weighted by Gasteiger charge is -2.34. The SMILES string of the molecule is C[C@@H]1[C@H](C)CCC[C@@H]1NC(=O)COC(=O)CN1CCSC1=O. The summed E-state index contributed by atoms with van der Waals surface area (Å²) in [4.78, 5) is 36.4. The molecule has 0 aromatic rings. The number of carbonyl (C=O) groups is 3. The first-order valence-corrected chi connectivity index (χ1v) is 8.82. The van der Waals surface area contributed by atoms with E-state index in [4.69, 9.17) is 4.74 Å². The van der Waals surface area contributed by atoms with Crippen LogP contribution in [0.5, 0.6) is 0 Å². The van der Waals surface area contributed by atoms with Crippen LogP contribution in [-0.2, 0) is 14.3 Å². The lowest BCUT2D eigenvalue weighted by molar-refractivity contribution is -0.149. The summed E-state index contributed by atoms with van der Waals surface area (Å²) in [5.41, 5.74) is 0. The Labute approximate surface area is 135 Å². The van der Waals surface area contributed by atoms with Gasteiger partial charge in [-0.1, -0.05) is 38.5 Å². The van der Waals surface area contributed by atoms with E-state index < -0.39 is 5.97 Å². The smallest absolute Gasteiger partial charge is 0.326 e. The van der Waals surface area contributed by atoms with E-state index in [-0.39, 0.29) is 30.3 Å². The van der Waals surface area contributed by atoms with Crippen LogP contribution in [0, 0.1) is 11.8 Å². The van der Waals surface area contributed by atoms with Crippen molar-refractivity contribution in [3.63, 3.8) is 0 Å². The predicted octanol–water partition coefficient (Wildman–Crippen LogP) is 1.64. The molecule has 0 spiro atoms. The summed E-state index contributed by atoms with van der Waals surface area (Å²) >= 11 is 1.20. The summed E-state index contributed by atoms with van der Waals surface area (Å²) in [5, 5.41) is 2.85. The van der Waals surface area contributed by atoms with E-state index in [2.05, 4.69) is 19.2 Å². The third kappa shape index (κ3) is 4.63. The molecule has 2 fully saturated rings. The van der Waals surface area contributed by atoms with Crippen LogP contribution in [0.2, 0.25) is 0 Å². The molecule has 22 heavy (non-hydrogen) atoms. The third-order valence-corrected chi connectivity index (χ3v) is 5.47.